The van der Waals surface area contributed by atoms with Gasteiger partial charge in [0, 0.05) is 50.0 Å². The van der Waals surface area contributed by atoms with Crippen molar-refractivity contribution >= 4 is 54.7 Å². The van der Waals surface area contributed by atoms with E-state index in [1.165, 1.54) is 11.3 Å². The Morgan fingerprint density at radius 3 is 2.93 bits per heavy atom. The Morgan fingerprint density at radius 2 is 2.40 bits per heavy atom. The smallest absolute Gasteiger partial charge is 0.407 e. The van der Waals surface area contributed by atoms with E-state index in [1.807, 2.05) is 6.92 Å². The van der Waals surface area contributed by atoms with Crippen LogP contribution in [0.3, 0.4) is 0 Å². The predicted octanol–water partition coefficient (Wildman–Crippen LogP) is 3.55. The molecule has 0 aliphatic carbocycles. The molecule has 0 bridgehead atoms. The van der Waals surface area contributed by atoms with Gasteiger partial charge in [-0.05, 0) is 6.42 Å². The molecule has 4 nitrogen and oxygen atoms in total. The summed E-state index contributed by atoms with van der Waals surface area (Å²) in [6, 6.07) is 0. The highest BCUT2D eigenvalue weighted by Gasteiger charge is 2.01. The lowest BCUT2D eigenvalue weighted by Crippen LogP contribution is -2.24. The van der Waals surface area contributed by atoms with Crippen LogP contribution < -0.4 is 5.32 Å². The number of rotatable bonds is 4. The summed E-state index contributed by atoms with van der Waals surface area (Å²) in [5.74, 6) is 0. The zero-order valence-corrected chi connectivity index (χ0v) is 13.3. The van der Waals surface area contributed by atoms with Crippen molar-refractivity contribution in [1.29, 1.82) is 0 Å². The lowest BCUT2D eigenvalue weighted by atomic mass is 10.5. The fourth-order valence-corrected chi connectivity index (χ4v) is 1.23. The van der Waals surface area contributed by atoms with E-state index in [9.17, 15) is 4.79 Å². The number of carbonyl (C=O) groups excluding carboxylic acids is 1. The molecule has 15 heavy (non-hydrogen) atoms. The highest BCUT2D eigenvalue weighted by molar-refractivity contribution is 15.0. The Hall–Kier alpha value is 0.360. The van der Waals surface area contributed by atoms with Crippen LogP contribution in [0.25, 0.3) is 0 Å². The second kappa shape index (κ2) is 10.9. The Bertz CT molecular complexity index is 257. The Morgan fingerprint density at radius 1 is 1.67 bits per heavy atom. The number of nitrogens with one attached hydrogen (secondary N) is 1. The number of hydrogen-bond donors (Lipinski definition) is 1. The van der Waals surface area contributed by atoms with Crippen molar-refractivity contribution in [1.82, 2.24) is 10.3 Å². The number of thiazole rings is 1. The Balaban J connectivity index is 0.000000921. The summed E-state index contributed by atoms with van der Waals surface area (Å²) >= 11 is 5.71. The third-order valence-electron chi connectivity index (χ3n) is 1.35. The first-order valence-corrected chi connectivity index (χ1v) is 11.4. The van der Waals surface area contributed by atoms with Crippen molar-refractivity contribution in [2.45, 2.75) is 20.0 Å². The third-order valence-corrected chi connectivity index (χ3v) is 2.10. The molecule has 0 saturated carbocycles. The molecule has 0 aliphatic heterocycles. The summed E-state index contributed by atoms with van der Waals surface area (Å²) in [6.07, 6.45) is 2.24. The molecular formula is C8H12I2N2O2S. The lowest BCUT2D eigenvalue weighted by Gasteiger charge is -2.03. The molecule has 0 radical (unpaired) electrons. The van der Waals surface area contributed by atoms with Gasteiger partial charge in [-0.1, -0.05) is 6.92 Å². The van der Waals surface area contributed by atoms with Gasteiger partial charge in [0.1, 0.15) is 6.61 Å². The molecule has 7 heteroatoms. The molecule has 1 rings (SSSR count). The van der Waals surface area contributed by atoms with Gasteiger partial charge >= 0.3 is 6.09 Å². The summed E-state index contributed by atoms with van der Waals surface area (Å²) in [7, 11) is 0. The van der Waals surface area contributed by atoms with Crippen molar-refractivity contribution < 1.29 is 9.53 Å². The number of ether oxygens (including phenoxy) is 1. The second-order valence-electron chi connectivity index (χ2n) is 2.47. The first-order valence-electron chi connectivity index (χ1n) is 4.25. The van der Waals surface area contributed by atoms with Gasteiger partial charge in [0.15, 0.2) is 0 Å². The van der Waals surface area contributed by atoms with Gasteiger partial charge in [-0.2, -0.15) is 0 Å². The van der Waals surface area contributed by atoms with Crippen LogP contribution in [0.5, 0.6) is 0 Å². The van der Waals surface area contributed by atoms with Crippen molar-refractivity contribution in [3.05, 3.63) is 16.6 Å². The molecule has 1 N–H and O–H groups in total. The number of amides is 1. The van der Waals surface area contributed by atoms with Crippen molar-refractivity contribution in [3.8, 4) is 0 Å². The maximum Gasteiger partial charge on any atom is 0.407 e. The van der Waals surface area contributed by atoms with Gasteiger partial charge in [-0.15, -0.1) is 11.3 Å². The minimum atomic E-state index is -0.366. The lowest BCUT2D eigenvalue weighted by molar-refractivity contribution is 0.140. The average molecular weight is 454 g/mol. The topological polar surface area (TPSA) is 51.2 Å². The molecule has 0 saturated heterocycles. The van der Waals surface area contributed by atoms with E-state index in [1.54, 1.807) is 11.7 Å². The van der Waals surface area contributed by atoms with Crippen LogP contribution in [0.4, 0.5) is 4.79 Å². The summed E-state index contributed by atoms with van der Waals surface area (Å²) in [5, 5.41) is 2.62. The van der Waals surface area contributed by atoms with E-state index in [2.05, 4.69) is 47.5 Å². The Kier molecular flexibility index (Phi) is 11.1. The van der Waals surface area contributed by atoms with Gasteiger partial charge < -0.3 is 10.1 Å². The molecule has 1 aromatic heterocycles. The maximum absolute atomic E-state index is 10.9. The number of alkyl carbamates (subject to hydrolysis) is 1. The van der Waals surface area contributed by atoms with Crippen LogP contribution >= 0.6 is 48.6 Å². The number of carbonyl (C=O) groups is 1. The molecule has 1 amide bonds. The van der Waals surface area contributed by atoms with Gasteiger partial charge in [-0.3, -0.25) is 4.98 Å². The summed E-state index contributed by atoms with van der Waals surface area (Å²) in [5.41, 5.74) is 1.71. The quantitative estimate of drug-likeness (QED) is 0.709. The number of hydrogen-bond acceptors (Lipinski definition) is 4. The second-order valence-corrected chi connectivity index (χ2v) is 3.44. The average Bonchev–Trinajstić information content (AvgIpc) is 2.79. The highest BCUT2D eigenvalue weighted by Crippen LogP contribution is 2.06. The van der Waals surface area contributed by atoms with Crippen molar-refractivity contribution in [2.75, 3.05) is 6.54 Å². The summed E-state index contributed by atoms with van der Waals surface area (Å²) in [4.78, 5) is 15.8. The molecule has 1 heterocycles. The van der Waals surface area contributed by atoms with E-state index in [0.717, 1.165) is 11.3 Å². The zero-order valence-electron chi connectivity index (χ0n) is 8.20. The van der Waals surface area contributed by atoms with Gasteiger partial charge in [0.2, 0.25) is 0 Å². The molecule has 1 aromatic rings. The predicted molar refractivity (Wildman–Crippen MR) is 78.6 cm³/mol. The van der Waals surface area contributed by atoms with Crippen molar-refractivity contribution in [3.63, 3.8) is 0 Å². The Labute approximate surface area is 117 Å². The fraction of sp³-hybridized carbons (Fsp3) is 0.500. The minimum Gasteiger partial charge on any atom is -0.444 e. The highest BCUT2D eigenvalue weighted by atomic mass is 128. The fourth-order valence-electron chi connectivity index (χ4n) is 0.728. The molecule has 0 aromatic carbocycles. The number of nitrogens with zero attached hydrogens (tertiary/aromatic N) is 1. The van der Waals surface area contributed by atoms with E-state index in [0.29, 0.717) is 13.2 Å². The minimum absolute atomic E-state index is 0.306. The molecule has 0 fully saturated rings. The number of aromatic nitrogens is 1. The first kappa shape index (κ1) is 15.4. The van der Waals surface area contributed by atoms with Crippen LogP contribution in [-0.2, 0) is 11.3 Å². The standard InChI is InChI=1S/C8H12N2O2S.I2/c1-2-3-10-8(11)12-5-7-4-9-6-13-7;1-2/h4,6H,2-3,5H2,1H3,(H,10,11);. The number of halogens is 2. The third kappa shape index (κ3) is 8.20. The SMILES string of the molecule is CCCNC(=O)OCc1cncs1.II. The van der Waals surface area contributed by atoms with E-state index >= 15 is 0 Å². The molecule has 0 unspecified atom stereocenters. The first-order chi connectivity index (χ1) is 7.33. The summed E-state index contributed by atoms with van der Waals surface area (Å²) < 4.78 is 4.91. The van der Waals surface area contributed by atoms with Crippen LogP contribution in [0, 0.1) is 0 Å². The van der Waals surface area contributed by atoms with E-state index in [4.69, 9.17) is 4.74 Å². The molecule has 0 spiro atoms. The molecule has 0 atom stereocenters. The van der Waals surface area contributed by atoms with E-state index < -0.39 is 0 Å². The van der Waals surface area contributed by atoms with Crippen LogP contribution in [0.1, 0.15) is 18.2 Å². The van der Waals surface area contributed by atoms with Crippen LogP contribution in [-0.4, -0.2) is 17.6 Å². The largest absolute Gasteiger partial charge is 0.444 e. The monoisotopic (exact) mass is 454 g/mol. The van der Waals surface area contributed by atoms with Gasteiger partial charge in [0.05, 0.1) is 10.4 Å². The van der Waals surface area contributed by atoms with Gasteiger partial charge in [-0.25, -0.2) is 4.79 Å². The maximum atomic E-state index is 10.9. The van der Waals surface area contributed by atoms with Crippen LogP contribution in [0.2, 0.25) is 0 Å². The molecular weight excluding hydrogens is 442 g/mol. The van der Waals surface area contributed by atoms with Gasteiger partial charge in [0.25, 0.3) is 0 Å². The molecule has 86 valence electrons. The zero-order chi connectivity index (χ0) is 11.5. The van der Waals surface area contributed by atoms with E-state index in [-0.39, 0.29) is 6.09 Å². The summed E-state index contributed by atoms with van der Waals surface area (Å²) in [6.45, 7) is 2.95. The van der Waals surface area contributed by atoms with Crippen LogP contribution in [0.15, 0.2) is 11.7 Å². The van der Waals surface area contributed by atoms with Crippen molar-refractivity contribution in [2.24, 2.45) is 0 Å². The normalized spacial score (nSPS) is 8.73. The molecule has 0 aliphatic rings.